The van der Waals surface area contributed by atoms with Gasteiger partial charge in [0.15, 0.2) is 0 Å². The van der Waals surface area contributed by atoms with Crippen molar-refractivity contribution in [1.82, 2.24) is 46.2 Å². The number of carbonyl (C=O) groups is 9. The summed E-state index contributed by atoms with van der Waals surface area (Å²) in [5, 5.41) is 15.1. The van der Waals surface area contributed by atoms with Gasteiger partial charge in [0.1, 0.15) is 54.1 Å². The third kappa shape index (κ3) is 18.4. The fourth-order valence-corrected chi connectivity index (χ4v) is 13.4. The van der Waals surface area contributed by atoms with Crippen LogP contribution in [0, 0.1) is 10.8 Å². The maximum atomic E-state index is 14.7. The van der Waals surface area contributed by atoms with Crippen LogP contribution in [0.3, 0.4) is 0 Å². The van der Waals surface area contributed by atoms with Crippen molar-refractivity contribution in [2.75, 3.05) is 33.8 Å². The zero-order valence-electron chi connectivity index (χ0n) is 59.6. The Hall–Kier alpha value is -8.53. The zero-order valence-corrected chi connectivity index (χ0v) is 59.6. The van der Waals surface area contributed by atoms with Crippen molar-refractivity contribution in [3.63, 3.8) is 0 Å². The fraction of sp³-hybridized carbons (Fsp3) is 0.560. The third-order valence-electron chi connectivity index (χ3n) is 18.9. The molecule has 0 saturated carbocycles. The second kappa shape index (κ2) is 30.5. The van der Waals surface area contributed by atoms with E-state index in [1.165, 1.54) is 44.8 Å². The van der Waals surface area contributed by atoms with E-state index in [0.29, 0.717) is 6.42 Å². The van der Waals surface area contributed by atoms with E-state index >= 15 is 0 Å². The largest absolute Gasteiger partial charge is 0.449 e. The fourth-order valence-electron chi connectivity index (χ4n) is 13.4. The molecule has 526 valence electrons. The van der Waals surface area contributed by atoms with Crippen LogP contribution >= 0.6 is 0 Å². The molecule has 0 aromatic heterocycles. The van der Waals surface area contributed by atoms with Crippen molar-refractivity contribution in [1.29, 1.82) is 0 Å². The molecule has 0 bridgehead atoms. The first kappa shape index (κ1) is 74.3. The Morgan fingerprint density at radius 3 is 1.32 bits per heavy atom. The van der Waals surface area contributed by atoms with Crippen LogP contribution in [0.2, 0.25) is 0 Å². The number of nitrogens with two attached hydrogens (primary N) is 1. The van der Waals surface area contributed by atoms with E-state index < -0.39 is 100 Å². The molecule has 2 saturated heterocycles. The van der Waals surface area contributed by atoms with Gasteiger partial charge in [-0.1, -0.05) is 139 Å². The van der Waals surface area contributed by atoms with Crippen molar-refractivity contribution < 1.29 is 57.4 Å². The summed E-state index contributed by atoms with van der Waals surface area (Å²) in [6.07, 6.45) is 3.93. The number of hydrogen-bond donors (Lipinski definition) is 6. The lowest BCUT2D eigenvalue weighted by molar-refractivity contribution is -0.144. The summed E-state index contributed by atoms with van der Waals surface area (Å²) >= 11 is 0. The molecule has 5 aliphatic rings. The standard InChI is InChI=1S/C45H57N5O7.C30H47N5O5/c1-27(49(8)43(55)57-45(5,6)7)39(51)48-38(44(2,3)4)41(53)50-25-29(24-37(50)40(52)47-36-23-15-17-28-16-9-10-18-30(28)36)46-42(54)56-26-35-33-21-13-11-19-31(33)32-20-12-14-22-34(32)35;1-18(34(8)28(39)40-30(5,6)7)25(36)33-24(29(2,3)4)27(38)35-17-20(31)16-23(35)26(37)32-22-15-11-13-19-12-9-10-14-21(19)22/h9-14,16,18-22,27,29,35-38H,15,17,23-26H2,1-8H3,(H,46,54)(H,47,52)(H,48,51);9-10,12,14,18,20,22-24H,11,13,15-17,31H2,1-8H3,(H,32,37)(H,33,36)/t27-,29-,36+,37-,38+;18-,20-,22+,23-,24+/m00/s1. The first-order valence-electron chi connectivity index (χ1n) is 34.2. The highest BCUT2D eigenvalue weighted by atomic mass is 16.6. The minimum Gasteiger partial charge on any atom is -0.449 e. The monoisotopic (exact) mass is 1340 g/mol. The van der Waals surface area contributed by atoms with Gasteiger partial charge in [-0.05, 0) is 162 Å². The first-order valence-corrected chi connectivity index (χ1v) is 34.2. The molecule has 0 radical (unpaired) electrons. The number of benzene rings is 4. The van der Waals surface area contributed by atoms with Crippen molar-refractivity contribution in [2.45, 2.75) is 226 Å². The number of likely N-dealkylation sites (N-methyl/N-ethyl adjacent to an activating group) is 2. The highest BCUT2D eigenvalue weighted by molar-refractivity contribution is 5.96. The van der Waals surface area contributed by atoms with Gasteiger partial charge in [-0.3, -0.25) is 38.6 Å². The maximum Gasteiger partial charge on any atom is 0.410 e. The van der Waals surface area contributed by atoms with Crippen molar-refractivity contribution >= 4 is 53.7 Å². The number of alkyl carbamates (subject to hydrolysis) is 1. The second-order valence-corrected chi connectivity index (χ2v) is 30.9. The highest BCUT2D eigenvalue weighted by Gasteiger charge is 2.48. The topological polar surface area (TPSA) is 280 Å². The van der Waals surface area contributed by atoms with E-state index in [2.05, 4.69) is 63.0 Å². The van der Waals surface area contributed by atoms with Crippen LogP contribution in [0.4, 0.5) is 14.4 Å². The molecule has 0 spiro atoms. The second-order valence-electron chi connectivity index (χ2n) is 30.9. The van der Waals surface area contributed by atoms with E-state index in [-0.39, 0.29) is 67.9 Å². The van der Waals surface area contributed by atoms with Gasteiger partial charge in [0.05, 0.1) is 18.1 Å². The number of nitrogens with zero attached hydrogens (tertiary/aromatic N) is 4. The lowest BCUT2D eigenvalue weighted by Crippen LogP contribution is -2.60. The van der Waals surface area contributed by atoms with Gasteiger partial charge in [0.25, 0.3) is 0 Å². The van der Waals surface area contributed by atoms with Crippen molar-refractivity contribution in [3.05, 3.63) is 130 Å². The van der Waals surface area contributed by atoms with Crippen LogP contribution < -0.4 is 32.3 Å². The Bertz CT molecular complexity index is 3500. The third-order valence-corrected chi connectivity index (χ3v) is 18.9. The number of likely N-dealkylation sites (tertiary alicyclic amines) is 2. The summed E-state index contributed by atoms with van der Waals surface area (Å²) in [5.74, 6) is -2.59. The number of amides is 9. The summed E-state index contributed by atoms with van der Waals surface area (Å²) in [4.78, 5) is 128. The SMILES string of the molecule is C[C@@H](C(=O)N[C@H](C(=O)N1C[C@@H](N)C[C@H]1C(=O)N[C@@H]1CCCc2ccccc21)C(C)(C)C)N(C)C(=O)OC(C)(C)C.C[C@@H](C(=O)N[C@H](C(=O)N1C[C@@H](NC(=O)OCC2c3ccccc3-c3ccccc32)C[C@H]1C(=O)N[C@@H]1CCCc2ccccc21)C(C)(C)C)N(C)C(=O)OC(C)(C)C. The van der Waals surface area contributed by atoms with E-state index in [1.54, 1.807) is 55.4 Å². The van der Waals surface area contributed by atoms with Gasteiger partial charge in [-0.15, -0.1) is 0 Å². The van der Waals surface area contributed by atoms with Crippen LogP contribution in [-0.4, -0.2) is 167 Å². The lowest BCUT2D eigenvalue weighted by atomic mass is 9.85. The summed E-state index contributed by atoms with van der Waals surface area (Å²) in [7, 11) is 2.95. The zero-order chi connectivity index (χ0) is 71.2. The predicted octanol–water partition coefficient (Wildman–Crippen LogP) is 9.37. The van der Waals surface area contributed by atoms with Crippen LogP contribution in [0.25, 0.3) is 11.1 Å². The molecule has 3 aliphatic carbocycles. The van der Waals surface area contributed by atoms with Crippen LogP contribution in [-0.2, 0) is 55.8 Å². The molecular formula is C75H104N10O12. The van der Waals surface area contributed by atoms with Crippen molar-refractivity contribution in [2.24, 2.45) is 16.6 Å². The molecule has 2 heterocycles. The minimum atomic E-state index is -1.07. The van der Waals surface area contributed by atoms with Gasteiger partial charge < -0.3 is 56.3 Å². The Morgan fingerprint density at radius 2 is 0.907 bits per heavy atom. The van der Waals surface area contributed by atoms with E-state index in [4.69, 9.17) is 19.9 Å². The Kier molecular flexibility index (Phi) is 23.3. The molecule has 9 amide bonds. The van der Waals surface area contributed by atoms with Gasteiger partial charge in [0, 0.05) is 39.1 Å². The Balaban J connectivity index is 0.000000264. The summed E-state index contributed by atoms with van der Waals surface area (Å²) in [5.41, 5.74) is 12.3. The van der Waals surface area contributed by atoms with Crippen molar-refractivity contribution in [3.8, 4) is 11.1 Å². The molecule has 7 N–H and O–H groups in total. The quantitative estimate of drug-likeness (QED) is 0.0606. The molecular weight excluding hydrogens is 1230 g/mol. The molecule has 0 unspecified atom stereocenters. The maximum absolute atomic E-state index is 14.7. The molecule has 97 heavy (non-hydrogen) atoms. The molecule has 4 aromatic carbocycles. The number of ether oxygens (including phenoxy) is 3. The minimum absolute atomic E-state index is 0.0260. The average Bonchev–Trinajstić information content (AvgIpc) is 1.65. The van der Waals surface area contributed by atoms with E-state index in [1.807, 2.05) is 102 Å². The normalized spacial score (nSPS) is 21.0. The number of fused-ring (bicyclic) bond motifs is 5. The average molecular weight is 1340 g/mol. The number of carbonyl (C=O) groups excluding carboxylic acids is 9. The first-order chi connectivity index (χ1) is 45.4. The van der Waals surface area contributed by atoms with E-state index in [0.717, 1.165) is 71.9 Å². The Morgan fingerprint density at radius 1 is 0.526 bits per heavy atom. The molecule has 2 fully saturated rings. The van der Waals surface area contributed by atoms with Gasteiger partial charge >= 0.3 is 18.3 Å². The molecule has 10 atom stereocenters. The molecule has 2 aliphatic heterocycles. The molecule has 22 nitrogen and oxygen atoms in total. The van der Waals surface area contributed by atoms with Gasteiger partial charge in [-0.2, -0.15) is 0 Å². The summed E-state index contributed by atoms with van der Waals surface area (Å²) < 4.78 is 16.7. The van der Waals surface area contributed by atoms with Gasteiger partial charge in [-0.25, -0.2) is 14.4 Å². The summed E-state index contributed by atoms with van der Waals surface area (Å²) in [6, 6.07) is 25.5. The van der Waals surface area contributed by atoms with Gasteiger partial charge in [0.2, 0.25) is 35.4 Å². The molecule has 9 rings (SSSR count). The van der Waals surface area contributed by atoms with E-state index in [9.17, 15) is 43.2 Å². The Labute approximate surface area is 572 Å². The van der Waals surface area contributed by atoms with Crippen LogP contribution in [0.15, 0.2) is 97.1 Å². The van der Waals surface area contributed by atoms with Crippen LogP contribution in [0.1, 0.15) is 187 Å². The predicted molar refractivity (Wildman–Crippen MR) is 370 cm³/mol. The lowest BCUT2D eigenvalue weighted by Gasteiger charge is -2.37. The number of nitrogens with one attached hydrogen (secondary N) is 5. The summed E-state index contributed by atoms with van der Waals surface area (Å²) in [6.45, 7) is 25.0. The smallest absolute Gasteiger partial charge is 0.410 e. The number of hydrogen-bond acceptors (Lipinski definition) is 13. The number of rotatable bonds is 15. The molecule has 4 aromatic rings. The highest BCUT2D eigenvalue weighted by Crippen LogP contribution is 2.45. The van der Waals surface area contributed by atoms with Crippen LogP contribution in [0.5, 0.6) is 0 Å². The number of aryl methyl sites for hydroxylation is 2. The molecule has 22 heteroatoms.